The monoisotopic (exact) mass is 298 g/mol. The smallest absolute Gasteiger partial charge is 0.223 e. The van der Waals surface area contributed by atoms with Crippen molar-refractivity contribution in [1.29, 1.82) is 0 Å². The number of nitrogens with two attached hydrogens (primary N) is 1. The second kappa shape index (κ2) is 7.50. The Balaban J connectivity index is 0.00000200. The molecule has 1 aliphatic rings. The van der Waals surface area contributed by atoms with Gasteiger partial charge in [0.25, 0.3) is 0 Å². The largest absolute Gasteiger partial charge is 0.496 e. The molecule has 2 unspecified atom stereocenters. The van der Waals surface area contributed by atoms with Gasteiger partial charge >= 0.3 is 0 Å². The lowest BCUT2D eigenvalue weighted by Crippen LogP contribution is -2.30. The average molecular weight is 299 g/mol. The van der Waals surface area contributed by atoms with Crippen molar-refractivity contribution in [3.8, 4) is 5.75 Å². The molecular formula is C15H23ClN2O2. The molecule has 1 aliphatic carbocycles. The first kappa shape index (κ1) is 16.8. The highest BCUT2D eigenvalue weighted by Gasteiger charge is 2.27. The van der Waals surface area contributed by atoms with Crippen LogP contribution in [0.4, 0.5) is 0 Å². The molecule has 4 nitrogen and oxygen atoms in total. The van der Waals surface area contributed by atoms with Crippen molar-refractivity contribution in [3.63, 3.8) is 0 Å². The van der Waals surface area contributed by atoms with E-state index in [1.807, 2.05) is 25.1 Å². The third-order valence-electron chi connectivity index (χ3n) is 3.74. The Kier molecular flexibility index (Phi) is 6.30. The van der Waals surface area contributed by atoms with E-state index >= 15 is 0 Å². The minimum atomic E-state index is 0. The Morgan fingerprint density at radius 1 is 1.45 bits per heavy atom. The summed E-state index contributed by atoms with van der Waals surface area (Å²) in [5, 5.41) is 2.98. The standard InChI is InChI=1S/C15H22N2O2.ClH/c1-10-3-4-12(14(7-10)19-2)9-17-15(18)11-5-6-13(16)8-11;/h3-4,7,11,13H,5-6,8-9,16H2,1-2H3,(H,17,18);1H. The van der Waals surface area contributed by atoms with Gasteiger partial charge in [-0.2, -0.15) is 0 Å². The second-order valence-electron chi connectivity index (χ2n) is 5.30. The Hall–Kier alpha value is -1.26. The normalized spacial score (nSPS) is 21.1. The van der Waals surface area contributed by atoms with Gasteiger partial charge in [0.1, 0.15) is 5.75 Å². The molecule has 3 N–H and O–H groups in total. The van der Waals surface area contributed by atoms with E-state index in [0.29, 0.717) is 6.54 Å². The summed E-state index contributed by atoms with van der Waals surface area (Å²) in [4.78, 5) is 12.0. The Morgan fingerprint density at radius 2 is 2.20 bits per heavy atom. The fraction of sp³-hybridized carbons (Fsp3) is 0.533. The number of benzene rings is 1. The number of methoxy groups -OCH3 is 1. The number of rotatable bonds is 4. The topological polar surface area (TPSA) is 64.3 Å². The predicted octanol–water partition coefficient (Wildman–Crippen LogP) is 2.17. The van der Waals surface area contributed by atoms with Gasteiger partial charge in [0.2, 0.25) is 5.91 Å². The van der Waals surface area contributed by atoms with E-state index in [2.05, 4.69) is 5.32 Å². The van der Waals surface area contributed by atoms with Crippen LogP contribution in [-0.2, 0) is 11.3 Å². The molecule has 0 saturated heterocycles. The molecule has 0 aliphatic heterocycles. The molecule has 1 fully saturated rings. The molecular weight excluding hydrogens is 276 g/mol. The molecule has 2 rings (SSSR count). The van der Waals surface area contributed by atoms with Crippen LogP contribution in [-0.4, -0.2) is 19.1 Å². The van der Waals surface area contributed by atoms with Crippen LogP contribution in [0.5, 0.6) is 5.75 Å². The van der Waals surface area contributed by atoms with Gasteiger partial charge in [0.05, 0.1) is 7.11 Å². The van der Waals surface area contributed by atoms with Crippen LogP contribution in [0, 0.1) is 12.8 Å². The van der Waals surface area contributed by atoms with E-state index < -0.39 is 0 Å². The average Bonchev–Trinajstić information content (AvgIpc) is 2.83. The van der Waals surface area contributed by atoms with Crippen molar-refractivity contribution in [2.45, 2.75) is 38.8 Å². The quantitative estimate of drug-likeness (QED) is 0.895. The summed E-state index contributed by atoms with van der Waals surface area (Å²) >= 11 is 0. The number of carbonyl (C=O) groups excluding carboxylic acids is 1. The van der Waals surface area contributed by atoms with Crippen molar-refractivity contribution >= 4 is 18.3 Å². The summed E-state index contributed by atoms with van der Waals surface area (Å²) in [6, 6.07) is 6.18. The van der Waals surface area contributed by atoms with Crippen LogP contribution in [0.3, 0.4) is 0 Å². The van der Waals surface area contributed by atoms with Crippen LogP contribution in [0.1, 0.15) is 30.4 Å². The fourth-order valence-electron chi connectivity index (χ4n) is 2.58. The van der Waals surface area contributed by atoms with E-state index in [1.165, 1.54) is 0 Å². The van der Waals surface area contributed by atoms with Gasteiger partial charge in [-0.15, -0.1) is 12.4 Å². The molecule has 1 amide bonds. The highest BCUT2D eigenvalue weighted by Crippen LogP contribution is 2.25. The summed E-state index contributed by atoms with van der Waals surface area (Å²) in [5.74, 6) is 1.01. The van der Waals surface area contributed by atoms with E-state index in [4.69, 9.17) is 10.5 Å². The minimum absolute atomic E-state index is 0. The molecule has 0 spiro atoms. The Bertz CT molecular complexity index is 465. The van der Waals surface area contributed by atoms with Gasteiger partial charge in [0.15, 0.2) is 0 Å². The van der Waals surface area contributed by atoms with Gasteiger partial charge in [-0.1, -0.05) is 12.1 Å². The maximum atomic E-state index is 12.0. The Labute approximate surface area is 126 Å². The van der Waals surface area contributed by atoms with Crippen LogP contribution in [0.2, 0.25) is 0 Å². The molecule has 5 heteroatoms. The molecule has 1 aromatic rings. The van der Waals surface area contributed by atoms with Crippen LogP contribution < -0.4 is 15.8 Å². The zero-order valence-corrected chi connectivity index (χ0v) is 12.8. The van der Waals surface area contributed by atoms with Crippen molar-refractivity contribution in [2.24, 2.45) is 11.7 Å². The molecule has 0 aromatic heterocycles. The highest BCUT2D eigenvalue weighted by atomic mass is 35.5. The van der Waals surface area contributed by atoms with Crippen molar-refractivity contribution in [3.05, 3.63) is 29.3 Å². The van der Waals surface area contributed by atoms with E-state index in [0.717, 1.165) is 36.1 Å². The third kappa shape index (κ3) is 4.12. The van der Waals surface area contributed by atoms with Crippen LogP contribution in [0.15, 0.2) is 18.2 Å². The zero-order valence-electron chi connectivity index (χ0n) is 12.0. The van der Waals surface area contributed by atoms with Gasteiger partial charge in [-0.25, -0.2) is 0 Å². The molecule has 0 radical (unpaired) electrons. The number of nitrogens with one attached hydrogen (secondary N) is 1. The maximum Gasteiger partial charge on any atom is 0.223 e. The SMILES string of the molecule is COc1cc(C)ccc1CNC(=O)C1CCC(N)C1.Cl. The summed E-state index contributed by atoms with van der Waals surface area (Å²) in [5.41, 5.74) is 7.98. The number of amides is 1. The number of carbonyl (C=O) groups is 1. The minimum Gasteiger partial charge on any atom is -0.496 e. The first-order valence-corrected chi connectivity index (χ1v) is 6.77. The highest BCUT2D eigenvalue weighted by molar-refractivity contribution is 5.85. The summed E-state index contributed by atoms with van der Waals surface area (Å²) in [7, 11) is 1.65. The van der Waals surface area contributed by atoms with Gasteiger partial charge in [-0.05, 0) is 37.8 Å². The number of aryl methyl sites for hydroxylation is 1. The summed E-state index contributed by atoms with van der Waals surface area (Å²) in [6.45, 7) is 2.53. The number of hydrogen-bond acceptors (Lipinski definition) is 3. The molecule has 2 atom stereocenters. The fourth-order valence-corrected chi connectivity index (χ4v) is 2.58. The van der Waals surface area contributed by atoms with Crippen LogP contribution >= 0.6 is 12.4 Å². The van der Waals surface area contributed by atoms with Crippen molar-refractivity contribution in [1.82, 2.24) is 5.32 Å². The van der Waals surface area contributed by atoms with Crippen LogP contribution in [0.25, 0.3) is 0 Å². The van der Waals surface area contributed by atoms with E-state index in [1.54, 1.807) is 7.11 Å². The molecule has 1 saturated carbocycles. The zero-order chi connectivity index (χ0) is 13.8. The predicted molar refractivity (Wildman–Crippen MR) is 82.1 cm³/mol. The van der Waals surface area contributed by atoms with Crippen molar-refractivity contribution < 1.29 is 9.53 Å². The summed E-state index contributed by atoms with van der Waals surface area (Å²) < 4.78 is 5.33. The molecule has 0 heterocycles. The number of halogens is 1. The summed E-state index contributed by atoms with van der Waals surface area (Å²) in [6.07, 6.45) is 2.65. The van der Waals surface area contributed by atoms with E-state index in [9.17, 15) is 4.79 Å². The first-order valence-electron chi connectivity index (χ1n) is 6.77. The van der Waals surface area contributed by atoms with Gasteiger partial charge in [0, 0.05) is 24.1 Å². The number of hydrogen-bond donors (Lipinski definition) is 2. The van der Waals surface area contributed by atoms with E-state index in [-0.39, 0.29) is 30.3 Å². The molecule has 112 valence electrons. The third-order valence-corrected chi connectivity index (χ3v) is 3.74. The second-order valence-corrected chi connectivity index (χ2v) is 5.30. The van der Waals surface area contributed by atoms with Crippen molar-refractivity contribution in [2.75, 3.05) is 7.11 Å². The molecule has 20 heavy (non-hydrogen) atoms. The Morgan fingerprint density at radius 3 is 2.80 bits per heavy atom. The lowest BCUT2D eigenvalue weighted by Gasteiger charge is -2.13. The lowest BCUT2D eigenvalue weighted by atomic mass is 10.1. The molecule has 1 aromatic carbocycles. The molecule has 0 bridgehead atoms. The van der Waals surface area contributed by atoms with Gasteiger partial charge in [-0.3, -0.25) is 4.79 Å². The number of ether oxygens (including phenoxy) is 1. The first-order chi connectivity index (χ1) is 9.10. The van der Waals surface area contributed by atoms with Gasteiger partial charge < -0.3 is 15.8 Å². The maximum absolute atomic E-state index is 12.0. The lowest BCUT2D eigenvalue weighted by molar-refractivity contribution is -0.125.